The van der Waals surface area contributed by atoms with Crippen LogP contribution >= 0.6 is 0 Å². The van der Waals surface area contributed by atoms with Gasteiger partial charge in [0.2, 0.25) is 11.9 Å². The van der Waals surface area contributed by atoms with Crippen molar-refractivity contribution in [2.75, 3.05) is 37.6 Å². The van der Waals surface area contributed by atoms with E-state index >= 15 is 0 Å². The van der Waals surface area contributed by atoms with Crippen molar-refractivity contribution in [3.63, 3.8) is 0 Å². The Kier molecular flexibility index (Phi) is 5.45. The second-order valence-corrected chi connectivity index (χ2v) is 6.59. The first kappa shape index (κ1) is 16.8. The van der Waals surface area contributed by atoms with E-state index in [1.54, 1.807) is 0 Å². The monoisotopic (exact) mass is 307 g/mol. The molecule has 0 aliphatic carbocycles. The number of carbonyl (C=O) groups is 1. The molecule has 6 heteroatoms. The molecule has 1 aliphatic heterocycles. The smallest absolute Gasteiger partial charge is 0.237 e. The molecular weight excluding hydrogens is 278 g/mol. The van der Waals surface area contributed by atoms with Gasteiger partial charge in [0.25, 0.3) is 0 Å². The van der Waals surface area contributed by atoms with Gasteiger partial charge in [0.15, 0.2) is 0 Å². The van der Waals surface area contributed by atoms with Crippen LogP contribution in [0.4, 0.5) is 5.95 Å². The summed E-state index contributed by atoms with van der Waals surface area (Å²) in [5.74, 6) is 1.24. The van der Waals surface area contributed by atoms with E-state index in [0.29, 0.717) is 6.54 Å². The van der Waals surface area contributed by atoms with Gasteiger partial charge in [0, 0.05) is 57.7 Å². The number of anilines is 1. The summed E-state index contributed by atoms with van der Waals surface area (Å²) >= 11 is 0. The predicted octanol–water partition coefficient (Wildman–Crippen LogP) is 1.19. The Morgan fingerprint density at radius 1 is 1.18 bits per heavy atom. The molecule has 1 aromatic rings. The quantitative estimate of drug-likeness (QED) is 0.820. The van der Waals surface area contributed by atoms with Crippen molar-refractivity contribution in [2.45, 2.75) is 39.8 Å². The number of hydrogen-bond acceptors (Lipinski definition) is 4. The lowest BCUT2D eigenvalue weighted by Crippen LogP contribution is -2.52. The number of aryl methyl sites for hydroxylation is 1. The maximum Gasteiger partial charge on any atom is 0.237 e. The summed E-state index contributed by atoms with van der Waals surface area (Å²) in [6, 6.07) is 0.503. The van der Waals surface area contributed by atoms with E-state index in [2.05, 4.69) is 42.5 Å². The zero-order chi connectivity index (χ0) is 16.3. The van der Waals surface area contributed by atoms with E-state index in [-0.39, 0.29) is 18.0 Å². The summed E-state index contributed by atoms with van der Waals surface area (Å²) in [5, 5.41) is 0. The molecule has 1 amide bonds. The summed E-state index contributed by atoms with van der Waals surface area (Å²) in [6.07, 6.45) is 3.79. The number of rotatable bonds is 5. The molecule has 1 aromatic heterocycles. The lowest BCUT2D eigenvalue weighted by molar-refractivity contribution is -0.136. The van der Waals surface area contributed by atoms with Crippen LogP contribution in [-0.2, 0) is 11.8 Å². The lowest BCUT2D eigenvalue weighted by atomic mass is 10.2. The van der Waals surface area contributed by atoms with Crippen molar-refractivity contribution in [1.82, 2.24) is 19.4 Å². The first-order valence-corrected chi connectivity index (χ1v) is 8.16. The predicted molar refractivity (Wildman–Crippen MR) is 89.0 cm³/mol. The molecular formula is C16H29N5O. The third kappa shape index (κ3) is 3.80. The minimum absolute atomic E-state index is 0.232. The number of hydrogen-bond donors (Lipinski definition) is 0. The number of piperazine rings is 1. The van der Waals surface area contributed by atoms with E-state index in [1.165, 1.54) is 0 Å². The fraction of sp³-hybridized carbons (Fsp3) is 0.750. The number of carbonyl (C=O) groups excluding carboxylic acids is 1. The molecule has 22 heavy (non-hydrogen) atoms. The van der Waals surface area contributed by atoms with E-state index in [1.807, 2.05) is 28.9 Å². The van der Waals surface area contributed by atoms with Crippen molar-refractivity contribution in [2.24, 2.45) is 7.05 Å². The second kappa shape index (κ2) is 7.13. The Morgan fingerprint density at radius 3 is 2.23 bits per heavy atom. The van der Waals surface area contributed by atoms with Gasteiger partial charge in [-0.3, -0.25) is 9.69 Å². The molecule has 1 fully saturated rings. The molecule has 0 radical (unpaired) electrons. The Labute approximate surface area is 133 Å². The summed E-state index contributed by atoms with van der Waals surface area (Å²) in [5.41, 5.74) is 0. The SMILES string of the molecule is CC(C)N(C(=O)CN1CCN(c2nccn2C)CC1)C(C)C. The van der Waals surface area contributed by atoms with Gasteiger partial charge in [0.1, 0.15) is 0 Å². The van der Waals surface area contributed by atoms with Crippen molar-refractivity contribution >= 4 is 11.9 Å². The summed E-state index contributed by atoms with van der Waals surface area (Å²) < 4.78 is 2.04. The average molecular weight is 307 g/mol. The van der Waals surface area contributed by atoms with Gasteiger partial charge in [0.05, 0.1) is 6.54 Å². The highest BCUT2D eigenvalue weighted by Gasteiger charge is 2.25. The third-order valence-corrected chi connectivity index (χ3v) is 4.21. The molecule has 2 heterocycles. The molecule has 0 N–H and O–H groups in total. The van der Waals surface area contributed by atoms with E-state index < -0.39 is 0 Å². The van der Waals surface area contributed by atoms with Crippen molar-refractivity contribution < 1.29 is 4.79 Å². The highest BCUT2D eigenvalue weighted by atomic mass is 16.2. The standard InChI is InChI=1S/C16H29N5O/c1-13(2)21(14(3)4)15(22)12-19-8-10-20(11-9-19)16-17-6-7-18(16)5/h6-7,13-14H,8-12H2,1-5H3. The van der Waals surface area contributed by atoms with Gasteiger partial charge >= 0.3 is 0 Å². The highest BCUT2D eigenvalue weighted by Crippen LogP contribution is 2.13. The molecule has 124 valence electrons. The van der Waals surface area contributed by atoms with E-state index in [0.717, 1.165) is 32.1 Å². The van der Waals surface area contributed by atoms with Crippen LogP contribution in [0, 0.1) is 0 Å². The van der Waals surface area contributed by atoms with Gasteiger partial charge in [-0.15, -0.1) is 0 Å². The summed E-state index contributed by atoms with van der Waals surface area (Å²) in [6.45, 7) is 12.5. The van der Waals surface area contributed by atoms with Crippen LogP contribution in [-0.4, -0.2) is 70.1 Å². The Morgan fingerprint density at radius 2 is 1.77 bits per heavy atom. The van der Waals surface area contributed by atoms with Gasteiger partial charge in [-0.25, -0.2) is 4.98 Å². The van der Waals surface area contributed by atoms with Crippen LogP contribution in [0.5, 0.6) is 0 Å². The number of nitrogens with zero attached hydrogens (tertiary/aromatic N) is 5. The molecule has 0 spiro atoms. The second-order valence-electron chi connectivity index (χ2n) is 6.59. The molecule has 0 aromatic carbocycles. The van der Waals surface area contributed by atoms with Crippen LogP contribution in [0.15, 0.2) is 12.4 Å². The third-order valence-electron chi connectivity index (χ3n) is 4.21. The topological polar surface area (TPSA) is 44.6 Å². The van der Waals surface area contributed by atoms with E-state index in [9.17, 15) is 4.79 Å². The Balaban J connectivity index is 1.87. The summed E-state index contributed by atoms with van der Waals surface area (Å²) in [4.78, 5) is 23.4. The maximum absolute atomic E-state index is 12.5. The van der Waals surface area contributed by atoms with Crippen molar-refractivity contribution in [1.29, 1.82) is 0 Å². The first-order chi connectivity index (χ1) is 10.4. The minimum Gasteiger partial charge on any atom is -0.340 e. The van der Waals surface area contributed by atoms with Crippen LogP contribution in [0.2, 0.25) is 0 Å². The fourth-order valence-electron chi connectivity index (χ4n) is 3.21. The Bertz CT molecular complexity index is 480. The maximum atomic E-state index is 12.5. The van der Waals surface area contributed by atoms with Crippen molar-refractivity contribution in [3.05, 3.63) is 12.4 Å². The highest BCUT2D eigenvalue weighted by molar-refractivity contribution is 5.78. The molecule has 1 aliphatic rings. The minimum atomic E-state index is 0.232. The first-order valence-electron chi connectivity index (χ1n) is 8.16. The largest absolute Gasteiger partial charge is 0.340 e. The number of imidazole rings is 1. The van der Waals surface area contributed by atoms with Gasteiger partial charge < -0.3 is 14.4 Å². The van der Waals surface area contributed by atoms with Gasteiger partial charge in [-0.2, -0.15) is 0 Å². The Hall–Kier alpha value is -1.56. The van der Waals surface area contributed by atoms with Crippen LogP contribution in [0.25, 0.3) is 0 Å². The average Bonchev–Trinajstić information content (AvgIpc) is 2.85. The van der Waals surface area contributed by atoms with Crippen LogP contribution in [0.1, 0.15) is 27.7 Å². The molecule has 0 atom stereocenters. The molecule has 6 nitrogen and oxygen atoms in total. The van der Waals surface area contributed by atoms with Crippen molar-refractivity contribution in [3.8, 4) is 0 Å². The molecule has 0 saturated carbocycles. The van der Waals surface area contributed by atoms with Crippen LogP contribution in [0.3, 0.4) is 0 Å². The number of amides is 1. The molecule has 0 unspecified atom stereocenters. The zero-order valence-electron chi connectivity index (χ0n) is 14.5. The van der Waals surface area contributed by atoms with Crippen LogP contribution < -0.4 is 4.90 Å². The normalized spacial score (nSPS) is 16.6. The zero-order valence-corrected chi connectivity index (χ0v) is 14.5. The van der Waals surface area contributed by atoms with Gasteiger partial charge in [-0.1, -0.05) is 0 Å². The summed E-state index contributed by atoms with van der Waals surface area (Å²) in [7, 11) is 2.02. The molecule has 2 rings (SSSR count). The van der Waals surface area contributed by atoms with Gasteiger partial charge in [-0.05, 0) is 27.7 Å². The molecule has 1 saturated heterocycles. The number of aromatic nitrogens is 2. The fourth-order valence-corrected chi connectivity index (χ4v) is 3.21. The van der Waals surface area contributed by atoms with E-state index in [4.69, 9.17) is 0 Å². The molecule has 0 bridgehead atoms. The lowest BCUT2D eigenvalue weighted by Gasteiger charge is -2.37.